The Hall–Kier alpha value is 0.770. The van der Waals surface area contributed by atoms with Crippen LogP contribution in [0.5, 0.6) is 0 Å². The average molecular weight is 283 g/mol. The third-order valence-corrected chi connectivity index (χ3v) is 1.59. The summed E-state index contributed by atoms with van der Waals surface area (Å²) in [5.74, 6) is -0.735. The summed E-state index contributed by atoms with van der Waals surface area (Å²) in [4.78, 5) is -1.64. The van der Waals surface area contributed by atoms with E-state index < -0.39 is 29.8 Å². The molecule has 92 valence electrons. The van der Waals surface area contributed by atoms with E-state index in [1.165, 1.54) is 0 Å². The Labute approximate surface area is 112 Å². The molecular formula is C4H4F6NNaO3S. The number of rotatable bonds is 5. The van der Waals surface area contributed by atoms with Crippen LogP contribution in [-0.4, -0.2) is 29.8 Å². The Morgan fingerprint density at radius 1 is 1.06 bits per heavy atom. The van der Waals surface area contributed by atoms with Gasteiger partial charge < -0.3 is 5.26 Å². The summed E-state index contributed by atoms with van der Waals surface area (Å²) < 4.78 is 74.2. The number of halogens is 6. The van der Waals surface area contributed by atoms with Crippen LogP contribution in [0.2, 0.25) is 0 Å². The van der Waals surface area contributed by atoms with Gasteiger partial charge in [0.1, 0.15) is 0 Å². The molecule has 0 atom stereocenters. The molecule has 0 N–H and O–H groups in total. The zero-order valence-electron chi connectivity index (χ0n) is 7.76. The van der Waals surface area contributed by atoms with Gasteiger partial charge in [-0.25, -0.2) is 0 Å². The van der Waals surface area contributed by atoms with Crippen molar-refractivity contribution in [3.8, 4) is 0 Å². The average Bonchev–Trinajstić information content (AvgIpc) is 1.99. The van der Waals surface area contributed by atoms with E-state index in [4.69, 9.17) is 5.26 Å². The van der Waals surface area contributed by atoms with E-state index >= 15 is 0 Å². The first kappa shape index (κ1) is 19.1. The third-order valence-electron chi connectivity index (χ3n) is 1.09. The minimum Gasteiger partial charge on any atom is -0.691 e. The van der Waals surface area contributed by atoms with E-state index in [1.54, 1.807) is 0 Å². The van der Waals surface area contributed by atoms with Crippen molar-refractivity contribution in [3.05, 3.63) is 0 Å². The molecule has 0 aliphatic carbocycles. The summed E-state index contributed by atoms with van der Waals surface area (Å²) in [5.41, 5.74) is 0. The minimum atomic E-state index is -5.53. The summed E-state index contributed by atoms with van der Waals surface area (Å²) >= 11 is 0.0374. The van der Waals surface area contributed by atoms with E-state index in [2.05, 4.69) is 9.37 Å². The molecule has 0 aliphatic heterocycles. The molecule has 0 unspecified atom stereocenters. The van der Waals surface area contributed by atoms with Gasteiger partial charge in [-0.3, -0.25) is 5.04 Å². The van der Waals surface area contributed by atoms with Crippen molar-refractivity contribution < 1.29 is 70.5 Å². The molecule has 0 aromatic heterocycles. The predicted octanol–water partition coefficient (Wildman–Crippen LogP) is -1.80. The van der Waals surface area contributed by atoms with E-state index in [9.17, 15) is 26.3 Å². The van der Waals surface area contributed by atoms with Crippen molar-refractivity contribution >= 4 is 12.0 Å². The van der Waals surface area contributed by atoms with Gasteiger partial charge in [0, 0.05) is 24.3 Å². The molecule has 0 amide bonds. The smallest absolute Gasteiger partial charge is 0.691 e. The fraction of sp³-hybridized carbons (Fsp3) is 1.00. The topological polar surface area (TPSA) is 44.8 Å². The Bertz CT molecular complexity index is 176. The first-order valence-corrected chi connectivity index (χ1v) is 4.10. The van der Waals surface area contributed by atoms with Gasteiger partial charge >= 0.3 is 42.2 Å². The van der Waals surface area contributed by atoms with E-state index in [-0.39, 0.29) is 41.6 Å². The standard InChI is InChI=1S/C4H5F6NO3S.Na/c5-3(6,7)11(4(8,9)10)1-2-15-14-13-12;/h12H,1-2H2;/q;+1/p-1. The largest absolute Gasteiger partial charge is 1.00 e. The molecule has 0 spiro atoms. The molecule has 4 nitrogen and oxygen atoms in total. The molecular weight excluding hydrogens is 279 g/mol. The third kappa shape index (κ3) is 7.95. The molecule has 0 radical (unpaired) electrons. The maximum absolute atomic E-state index is 11.8. The summed E-state index contributed by atoms with van der Waals surface area (Å²) in [6, 6.07) is 0. The van der Waals surface area contributed by atoms with Crippen molar-refractivity contribution in [3.63, 3.8) is 0 Å². The van der Waals surface area contributed by atoms with Crippen LogP contribution in [0.4, 0.5) is 26.3 Å². The number of hydrogen-bond acceptors (Lipinski definition) is 5. The Morgan fingerprint density at radius 2 is 1.50 bits per heavy atom. The SMILES string of the molecule is [Na+].[O-]OOSCCN(C(F)(F)F)C(F)(F)F. The Balaban J connectivity index is 0. The molecule has 12 heteroatoms. The second-order valence-corrected chi connectivity index (χ2v) is 2.83. The predicted molar refractivity (Wildman–Crippen MR) is 33.4 cm³/mol. The quantitative estimate of drug-likeness (QED) is 0.113. The van der Waals surface area contributed by atoms with Crippen LogP contribution in [-0.2, 0) is 9.37 Å². The van der Waals surface area contributed by atoms with Crippen LogP contribution in [0.25, 0.3) is 0 Å². The normalized spacial score (nSPS) is 12.8. The Kier molecular flexibility index (Phi) is 9.53. The zero-order valence-corrected chi connectivity index (χ0v) is 10.6. The fourth-order valence-corrected chi connectivity index (χ4v) is 0.944. The molecule has 0 saturated carbocycles. The van der Waals surface area contributed by atoms with Crippen molar-refractivity contribution in [2.75, 3.05) is 12.3 Å². The van der Waals surface area contributed by atoms with E-state index in [0.717, 1.165) is 0 Å². The molecule has 0 saturated heterocycles. The van der Waals surface area contributed by atoms with Gasteiger partial charge in [0.25, 0.3) is 0 Å². The van der Waals surface area contributed by atoms with Crippen molar-refractivity contribution in [2.45, 2.75) is 12.6 Å². The second kappa shape index (κ2) is 7.97. The molecule has 0 bridgehead atoms. The van der Waals surface area contributed by atoms with Crippen LogP contribution in [0.3, 0.4) is 0 Å². The Morgan fingerprint density at radius 3 is 1.81 bits per heavy atom. The van der Waals surface area contributed by atoms with E-state index in [0.29, 0.717) is 0 Å². The summed E-state index contributed by atoms with van der Waals surface area (Å²) in [7, 11) is 0. The molecule has 0 fully saturated rings. The van der Waals surface area contributed by atoms with Crippen molar-refractivity contribution in [1.82, 2.24) is 4.90 Å². The first-order chi connectivity index (χ1) is 6.69. The maximum atomic E-state index is 11.8. The molecule has 0 aliphatic rings. The van der Waals surface area contributed by atoms with Gasteiger partial charge in [0.2, 0.25) is 0 Å². The van der Waals surface area contributed by atoms with Gasteiger partial charge in [0.15, 0.2) is 0 Å². The van der Waals surface area contributed by atoms with Crippen LogP contribution >= 0.6 is 12.0 Å². The number of alkyl halides is 6. The molecule has 0 heterocycles. The number of hydrogen-bond donors (Lipinski definition) is 0. The monoisotopic (exact) mass is 283 g/mol. The van der Waals surface area contributed by atoms with Crippen LogP contribution in [0, 0.1) is 0 Å². The molecule has 16 heavy (non-hydrogen) atoms. The zero-order chi connectivity index (χ0) is 12.1. The molecule has 0 aromatic carbocycles. The minimum absolute atomic E-state index is 0. The maximum Gasteiger partial charge on any atom is 1.00 e. The number of nitrogens with zero attached hydrogens (tertiary/aromatic N) is 1. The van der Waals surface area contributed by atoms with Crippen LogP contribution in [0.1, 0.15) is 0 Å². The fourth-order valence-electron chi connectivity index (χ4n) is 0.580. The summed E-state index contributed by atoms with van der Waals surface area (Å²) in [6.45, 7) is -1.40. The van der Waals surface area contributed by atoms with Gasteiger partial charge in [-0.1, -0.05) is 0 Å². The summed E-state index contributed by atoms with van der Waals surface area (Å²) in [6.07, 6.45) is -11.1. The van der Waals surface area contributed by atoms with E-state index in [1.807, 2.05) is 0 Å². The molecule has 0 rings (SSSR count). The second-order valence-electron chi connectivity index (χ2n) is 2.05. The van der Waals surface area contributed by atoms with Crippen molar-refractivity contribution in [2.24, 2.45) is 0 Å². The molecule has 0 aromatic rings. The first-order valence-electron chi connectivity index (χ1n) is 3.19. The summed E-state index contributed by atoms with van der Waals surface area (Å²) in [5, 5.41) is 11.9. The van der Waals surface area contributed by atoms with Gasteiger partial charge in [-0.15, -0.1) is 4.90 Å². The van der Waals surface area contributed by atoms with Gasteiger partial charge in [0.05, 0.1) is 0 Å². The van der Waals surface area contributed by atoms with Crippen molar-refractivity contribution in [1.29, 1.82) is 0 Å². The van der Waals surface area contributed by atoms with Crippen LogP contribution < -0.4 is 34.8 Å². The van der Waals surface area contributed by atoms with Crippen LogP contribution in [0.15, 0.2) is 0 Å². The van der Waals surface area contributed by atoms with Gasteiger partial charge in [-0.05, 0) is 0 Å². The van der Waals surface area contributed by atoms with Gasteiger partial charge in [-0.2, -0.15) is 30.7 Å².